The Morgan fingerprint density at radius 2 is 2.09 bits per heavy atom. The van der Waals surface area contributed by atoms with Crippen molar-refractivity contribution in [1.82, 2.24) is 0 Å². The van der Waals surface area contributed by atoms with Gasteiger partial charge in [0.1, 0.15) is 0 Å². The van der Waals surface area contributed by atoms with E-state index in [9.17, 15) is 14.7 Å². The van der Waals surface area contributed by atoms with Crippen molar-refractivity contribution in [3.8, 4) is 0 Å². The van der Waals surface area contributed by atoms with E-state index in [2.05, 4.69) is 5.73 Å². The summed E-state index contributed by atoms with van der Waals surface area (Å²) in [6.07, 6.45) is -0.883. The maximum absolute atomic E-state index is 10.4. The average molecular weight is 181 g/mol. The lowest BCUT2D eigenvalue weighted by molar-refractivity contribution is -0.308. The summed E-state index contributed by atoms with van der Waals surface area (Å²) in [5, 5.41) is 19.0. The zero-order valence-corrected chi connectivity index (χ0v) is 6.30. The van der Waals surface area contributed by atoms with Gasteiger partial charge in [0.15, 0.2) is 5.60 Å². The van der Waals surface area contributed by atoms with E-state index in [0.29, 0.717) is 0 Å². The van der Waals surface area contributed by atoms with Crippen LogP contribution >= 0.6 is 11.6 Å². The molecule has 0 saturated carbocycles. The fourth-order valence-corrected chi connectivity index (χ4v) is 0.665. The smallest absolute Gasteiger partial charge is 0.251 e. The number of aliphatic carboxylic acids is 1. The predicted octanol–water partition coefficient (Wildman–Crippen LogP) is -2.42. The number of aliphatic hydroxyl groups is 1. The molecule has 11 heavy (non-hydrogen) atoms. The number of hydrogen-bond donors (Lipinski definition) is 2. The van der Waals surface area contributed by atoms with Crippen LogP contribution in [0.2, 0.25) is 0 Å². The molecule has 0 heterocycles. The standard InChI is InChI=1S/C5H8ClNO4/c6-2-5(11,4(7)10)1-3(8)9/h11H,1-2H2,(H2,7,10)(H,8,9)/p-1. The summed E-state index contributed by atoms with van der Waals surface area (Å²) in [7, 11) is 0. The van der Waals surface area contributed by atoms with Crippen molar-refractivity contribution < 1.29 is 19.8 Å². The van der Waals surface area contributed by atoms with E-state index in [1.807, 2.05) is 0 Å². The van der Waals surface area contributed by atoms with Crippen LogP contribution in [0.1, 0.15) is 6.42 Å². The first-order valence-corrected chi connectivity index (χ1v) is 3.24. The highest BCUT2D eigenvalue weighted by atomic mass is 35.5. The largest absolute Gasteiger partial charge is 0.550 e. The molecule has 0 bridgehead atoms. The Kier molecular flexibility index (Phi) is 3.28. The minimum atomic E-state index is -2.19. The number of nitrogens with two attached hydrogens (primary N) is 1. The summed E-state index contributed by atoms with van der Waals surface area (Å²) >= 11 is 5.11. The first-order chi connectivity index (χ1) is 4.92. The molecule has 1 amide bonds. The molecule has 6 heteroatoms. The highest BCUT2D eigenvalue weighted by Crippen LogP contribution is 2.10. The van der Waals surface area contributed by atoms with Crippen molar-refractivity contribution in [3.63, 3.8) is 0 Å². The first kappa shape index (κ1) is 10.2. The third-order valence-corrected chi connectivity index (χ3v) is 1.56. The molecule has 1 atom stereocenters. The van der Waals surface area contributed by atoms with Crippen molar-refractivity contribution >= 4 is 23.5 Å². The first-order valence-electron chi connectivity index (χ1n) is 2.70. The molecule has 0 fully saturated rings. The summed E-state index contributed by atoms with van der Waals surface area (Å²) in [6, 6.07) is 0. The van der Waals surface area contributed by atoms with Gasteiger partial charge in [0.2, 0.25) is 0 Å². The van der Waals surface area contributed by atoms with Crippen LogP contribution < -0.4 is 10.8 Å². The molecule has 0 aliphatic rings. The number of hydrogen-bond acceptors (Lipinski definition) is 4. The second kappa shape index (κ2) is 3.54. The molecule has 1 unspecified atom stereocenters. The number of carboxylic acids is 1. The number of amides is 1. The Morgan fingerprint density at radius 3 is 2.18 bits per heavy atom. The van der Waals surface area contributed by atoms with Gasteiger partial charge in [-0.15, -0.1) is 11.6 Å². The molecule has 0 aliphatic carbocycles. The Bertz CT molecular complexity index is 183. The van der Waals surface area contributed by atoms with Gasteiger partial charge in [0, 0.05) is 12.4 Å². The van der Waals surface area contributed by atoms with Crippen molar-refractivity contribution in [1.29, 1.82) is 0 Å². The van der Waals surface area contributed by atoms with Crippen LogP contribution in [-0.4, -0.2) is 28.5 Å². The minimum absolute atomic E-state index is 0.559. The third-order valence-electron chi connectivity index (χ3n) is 1.12. The van der Waals surface area contributed by atoms with Crippen LogP contribution in [0.25, 0.3) is 0 Å². The van der Waals surface area contributed by atoms with Crippen LogP contribution in [0.3, 0.4) is 0 Å². The van der Waals surface area contributed by atoms with Gasteiger partial charge < -0.3 is 20.7 Å². The molecule has 0 radical (unpaired) electrons. The maximum Gasteiger partial charge on any atom is 0.251 e. The topological polar surface area (TPSA) is 103 Å². The molecule has 64 valence electrons. The molecule has 0 aromatic rings. The average Bonchev–Trinajstić information content (AvgIpc) is 1.86. The van der Waals surface area contributed by atoms with E-state index in [1.54, 1.807) is 0 Å². The Hall–Kier alpha value is -0.810. The molecule has 0 aliphatic heterocycles. The monoisotopic (exact) mass is 180 g/mol. The second-order valence-corrected chi connectivity index (χ2v) is 2.35. The molecule has 0 aromatic carbocycles. The highest BCUT2D eigenvalue weighted by molar-refractivity contribution is 6.20. The second-order valence-electron chi connectivity index (χ2n) is 2.08. The molecular weight excluding hydrogens is 174 g/mol. The number of alkyl halides is 1. The zero-order chi connectivity index (χ0) is 9.07. The predicted molar refractivity (Wildman–Crippen MR) is 34.5 cm³/mol. The van der Waals surface area contributed by atoms with Crippen molar-refractivity contribution in [2.45, 2.75) is 12.0 Å². The number of halogens is 1. The van der Waals surface area contributed by atoms with E-state index < -0.39 is 29.8 Å². The molecule has 0 rings (SSSR count). The van der Waals surface area contributed by atoms with Gasteiger partial charge in [-0.25, -0.2) is 0 Å². The quantitative estimate of drug-likeness (QED) is 0.470. The minimum Gasteiger partial charge on any atom is -0.550 e. The van der Waals surface area contributed by atoms with Gasteiger partial charge >= 0.3 is 0 Å². The molecule has 0 aromatic heterocycles. The van der Waals surface area contributed by atoms with E-state index in [1.165, 1.54) is 0 Å². The van der Waals surface area contributed by atoms with Gasteiger partial charge in [0.05, 0.1) is 5.88 Å². The molecule has 0 saturated heterocycles. The third kappa shape index (κ3) is 2.73. The molecule has 5 nitrogen and oxygen atoms in total. The van der Waals surface area contributed by atoms with Gasteiger partial charge in [-0.2, -0.15) is 0 Å². The van der Waals surface area contributed by atoms with Crippen LogP contribution in [0.4, 0.5) is 0 Å². The summed E-state index contributed by atoms with van der Waals surface area (Å²) in [4.78, 5) is 20.3. The van der Waals surface area contributed by atoms with Crippen LogP contribution in [0.5, 0.6) is 0 Å². The van der Waals surface area contributed by atoms with Gasteiger partial charge in [0.25, 0.3) is 5.91 Å². The zero-order valence-electron chi connectivity index (χ0n) is 5.54. The van der Waals surface area contributed by atoms with Gasteiger partial charge in [-0.3, -0.25) is 4.79 Å². The van der Waals surface area contributed by atoms with Crippen LogP contribution in [0, 0.1) is 0 Å². The lowest BCUT2D eigenvalue weighted by Gasteiger charge is -2.21. The van der Waals surface area contributed by atoms with E-state index in [-0.39, 0.29) is 0 Å². The van der Waals surface area contributed by atoms with Gasteiger partial charge in [-0.05, 0) is 0 Å². The summed E-state index contributed by atoms with van der Waals surface area (Å²) in [6.45, 7) is 0. The SMILES string of the molecule is NC(=O)C(O)(CCl)CC(=O)[O-]. The fourth-order valence-electron chi connectivity index (χ4n) is 0.439. The van der Waals surface area contributed by atoms with Crippen LogP contribution in [-0.2, 0) is 9.59 Å². The van der Waals surface area contributed by atoms with E-state index >= 15 is 0 Å². The maximum atomic E-state index is 10.4. The van der Waals surface area contributed by atoms with Gasteiger partial charge in [-0.1, -0.05) is 0 Å². The molecule has 3 N–H and O–H groups in total. The van der Waals surface area contributed by atoms with E-state index in [0.717, 1.165) is 0 Å². The highest BCUT2D eigenvalue weighted by Gasteiger charge is 2.32. The fraction of sp³-hybridized carbons (Fsp3) is 0.600. The summed E-state index contributed by atoms with van der Waals surface area (Å²) in [5.41, 5.74) is 2.47. The normalized spacial score (nSPS) is 15.5. The Balaban J connectivity index is 4.34. The molecular formula is C5H7ClNO4-. The lowest BCUT2D eigenvalue weighted by Crippen LogP contribution is -2.49. The molecule has 0 spiro atoms. The Morgan fingerprint density at radius 1 is 1.64 bits per heavy atom. The van der Waals surface area contributed by atoms with Crippen molar-refractivity contribution in [2.75, 3.05) is 5.88 Å². The van der Waals surface area contributed by atoms with Crippen molar-refractivity contribution in [3.05, 3.63) is 0 Å². The van der Waals surface area contributed by atoms with Crippen LogP contribution in [0.15, 0.2) is 0 Å². The lowest BCUT2D eigenvalue weighted by atomic mass is 10.0. The van der Waals surface area contributed by atoms with Crippen molar-refractivity contribution in [2.24, 2.45) is 5.73 Å². The summed E-state index contributed by atoms with van der Waals surface area (Å²) < 4.78 is 0. The number of carboxylic acid groups (broad SMARTS) is 1. The summed E-state index contributed by atoms with van der Waals surface area (Å²) in [5.74, 6) is -3.31. The number of carbonyl (C=O) groups is 2. The number of carbonyl (C=O) groups excluding carboxylic acids is 2. The van der Waals surface area contributed by atoms with E-state index in [4.69, 9.17) is 16.7 Å². The number of primary amides is 1. The number of rotatable bonds is 4. The Labute approximate surface area is 67.8 Å².